The van der Waals surface area contributed by atoms with Gasteiger partial charge in [0.05, 0.1) is 11.3 Å². The van der Waals surface area contributed by atoms with E-state index < -0.39 is 0 Å². The zero-order valence-corrected chi connectivity index (χ0v) is 13.1. The van der Waals surface area contributed by atoms with Crippen molar-refractivity contribution in [1.29, 1.82) is 0 Å². The maximum absolute atomic E-state index is 11.9. The number of nitrogens with zero attached hydrogens (tertiary/aromatic N) is 2. The van der Waals surface area contributed by atoms with Crippen molar-refractivity contribution < 1.29 is 9.32 Å². The van der Waals surface area contributed by atoms with Crippen LogP contribution in [-0.2, 0) is 4.79 Å². The first-order valence-corrected chi connectivity index (χ1v) is 7.83. The van der Waals surface area contributed by atoms with E-state index in [2.05, 4.69) is 21.5 Å². The average Bonchev–Trinajstić information content (AvgIpc) is 2.90. The lowest BCUT2D eigenvalue weighted by Crippen LogP contribution is -2.14. The van der Waals surface area contributed by atoms with E-state index in [0.717, 1.165) is 21.5 Å². The van der Waals surface area contributed by atoms with Gasteiger partial charge in [-0.3, -0.25) is 4.79 Å². The van der Waals surface area contributed by atoms with Gasteiger partial charge >= 0.3 is 0 Å². The maximum Gasteiger partial charge on any atom is 0.236 e. The van der Waals surface area contributed by atoms with Gasteiger partial charge in [0.25, 0.3) is 0 Å². The van der Waals surface area contributed by atoms with Gasteiger partial charge in [0.1, 0.15) is 10.8 Å². The van der Waals surface area contributed by atoms with E-state index >= 15 is 0 Å². The van der Waals surface area contributed by atoms with Crippen LogP contribution >= 0.6 is 11.8 Å². The number of pyridine rings is 1. The highest BCUT2D eigenvalue weighted by Gasteiger charge is 2.09. The molecule has 0 radical (unpaired) electrons. The molecule has 112 valence electrons. The molecular formula is C16H15N3O2S. The second-order valence-corrected chi connectivity index (χ2v) is 5.93. The topological polar surface area (TPSA) is 68.0 Å². The number of benzene rings is 1. The van der Waals surface area contributed by atoms with Crippen molar-refractivity contribution in [2.45, 2.75) is 18.9 Å². The Bertz CT molecular complexity index is 829. The zero-order chi connectivity index (χ0) is 15.5. The molecule has 0 saturated carbocycles. The molecule has 2 aromatic heterocycles. The highest BCUT2D eigenvalue weighted by Crippen LogP contribution is 2.24. The molecule has 1 amide bonds. The van der Waals surface area contributed by atoms with Crippen LogP contribution in [0.3, 0.4) is 0 Å². The number of amides is 1. The van der Waals surface area contributed by atoms with Gasteiger partial charge in [0.15, 0.2) is 5.82 Å². The first-order valence-electron chi connectivity index (χ1n) is 6.84. The number of aryl methyl sites for hydroxylation is 2. The summed E-state index contributed by atoms with van der Waals surface area (Å²) in [5.41, 5.74) is 2.00. The van der Waals surface area contributed by atoms with Crippen LogP contribution in [-0.4, -0.2) is 21.8 Å². The number of nitrogens with one attached hydrogen (secondary N) is 1. The summed E-state index contributed by atoms with van der Waals surface area (Å²) in [5.74, 6) is 1.24. The minimum Gasteiger partial charge on any atom is -0.360 e. The zero-order valence-electron chi connectivity index (χ0n) is 12.3. The van der Waals surface area contributed by atoms with Crippen molar-refractivity contribution in [1.82, 2.24) is 10.1 Å². The fraction of sp³-hybridized carbons (Fsp3) is 0.188. The third-order valence-corrected chi connectivity index (χ3v) is 4.20. The van der Waals surface area contributed by atoms with Gasteiger partial charge in [-0.25, -0.2) is 4.98 Å². The highest BCUT2D eigenvalue weighted by molar-refractivity contribution is 8.00. The van der Waals surface area contributed by atoms with Crippen molar-refractivity contribution in [3.63, 3.8) is 0 Å². The molecule has 6 heteroatoms. The van der Waals surface area contributed by atoms with Gasteiger partial charge in [0.2, 0.25) is 5.91 Å². The van der Waals surface area contributed by atoms with Crippen LogP contribution in [0, 0.1) is 13.8 Å². The summed E-state index contributed by atoms with van der Waals surface area (Å²) in [4.78, 5) is 16.5. The minimum absolute atomic E-state index is 0.132. The number of aromatic nitrogens is 2. The number of anilines is 1. The summed E-state index contributed by atoms with van der Waals surface area (Å²) in [6.45, 7) is 3.78. The van der Waals surface area contributed by atoms with E-state index in [4.69, 9.17) is 4.52 Å². The Morgan fingerprint density at radius 2 is 2.09 bits per heavy atom. The highest BCUT2D eigenvalue weighted by atomic mass is 32.2. The molecule has 0 aliphatic heterocycles. The Balaban J connectivity index is 1.68. The van der Waals surface area contributed by atoms with E-state index in [1.165, 1.54) is 11.8 Å². The van der Waals surface area contributed by atoms with Crippen LogP contribution < -0.4 is 5.32 Å². The Morgan fingerprint density at radius 1 is 1.27 bits per heavy atom. The lowest BCUT2D eigenvalue weighted by molar-refractivity contribution is -0.113. The fourth-order valence-electron chi connectivity index (χ4n) is 2.09. The summed E-state index contributed by atoms with van der Waals surface area (Å²) in [6, 6.07) is 11.7. The van der Waals surface area contributed by atoms with Gasteiger partial charge in [-0.1, -0.05) is 35.1 Å². The number of carbonyl (C=O) groups excluding carboxylic acids is 1. The van der Waals surface area contributed by atoms with E-state index in [-0.39, 0.29) is 11.7 Å². The molecule has 0 bridgehead atoms. The van der Waals surface area contributed by atoms with Crippen LogP contribution in [0.4, 0.5) is 5.82 Å². The van der Waals surface area contributed by atoms with Crippen molar-refractivity contribution in [2.24, 2.45) is 0 Å². The molecule has 0 atom stereocenters. The number of fused-ring (bicyclic) bond motifs is 1. The molecule has 0 aliphatic carbocycles. The van der Waals surface area contributed by atoms with E-state index in [1.54, 1.807) is 13.0 Å². The van der Waals surface area contributed by atoms with Crippen molar-refractivity contribution >= 4 is 34.4 Å². The molecular weight excluding hydrogens is 298 g/mol. The van der Waals surface area contributed by atoms with Crippen LogP contribution in [0.15, 0.2) is 45.9 Å². The quantitative estimate of drug-likeness (QED) is 0.746. The Kier molecular flexibility index (Phi) is 4.11. The van der Waals surface area contributed by atoms with E-state index in [9.17, 15) is 4.79 Å². The number of hydrogen-bond donors (Lipinski definition) is 1. The summed E-state index contributed by atoms with van der Waals surface area (Å²) >= 11 is 1.41. The third kappa shape index (κ3) is 3.28. The van der Waals surface area contributed by atoms with Crippen LogP contribution in [0.1, 0.15) is 11.3 Å². The Hall–Kier alpha value is -2.34. The van der Waals surface area contributed by atoms with Crippen molar-refractivity contribution in [2.75, 3.05) is 11.1 Å². The first kappa shape index (κ1) is 14.6. The summed E-state index contributed by atoms with van der Waals surface area (Å²) in [7, 11) is 0. The Morgan fingerprint density at radius 3 is 2.86 bits per heavy atom. The number of thioether (sulfide) groups is 1. The number of rotatable bonds is 4. The second kappa shape index (κ2) is 6.19. The molecule has 22 heavy (non-hydrogen) atoms. The predicted octanol–water partition coefficient (Wildman–Crippen LogP) is 3.57. The minimum atomic E-state index is -0.132. The molecule has 5 nitrogen and oxygen atoms in total. The van der Waals surface area contributed by atoms with Crippen molar-refractivity contribution in [3.05, 3.63) is 47.7 Å². The van der Waals surface area contributed by atoms with Gasteiger partial charge in [0, 0.05) is 11.5 Å². The SMILES string of the molecule is Cc1cc(NC(=O)CSc2nc3ccccc3cc2C)no1. The van der Waals surface area contributed by atoms with Gasteiger partial charge in [-0.05, 0) is 31.5 Å². The predicted molar refractivity (Wildman–Crippen MR) is 87.1 cm³/mol. The maximum atomic E-state index is 11.9. The average molecular weight is 313 g/mol. The number of hydrogen-bond acceptors (Lipinski definition) is 5. The molecule has 3 rings (SSSR count). The fourth-order valence-corrected chi connectivity index (χ4v) is 2.88. The standard InChI is InChI=1S/C16H15N3O2S/c1-10-7-12-5-3-4-6-13(12)17-16(10)22-9-15(20)18-14-8-11(2)21-19-14/h3-8H,9H2,1-2H3,(H,18,19,20). The summed E-state index contributed by atoms with van der Waals surface area (Å²) in [6.07, 6.45) is 0. The van der Waals surface area contributed by atoms with Gasteiger partial charge in [-0.2, -0.15) is 0 Å². The molecule has 1 aromatic carbocycles. The van der Waals surface area contributed by atoms with E-state index in [1.807, 2.05) is 31.2 Å². The normalized spacial score (nSPS) is 10.8. The molecule has 2 heterocycles. The summed E-state index contributed by atoms with van der Waals surface area (Å²) in [5, 5.41) is 8.40. The van der Waals surface area contributed by atoms with E-state index in [0.29, 0.717) is 11.6 Å². The lowest BCUT2D eigenvalue weighted by atomic mass is 10.2. The van der Waals surface area contributed by atoms with Gasteiger partial charge in [-0.15, -0.1) is 0 Å². The third-order valence-electron chi connectivity index (χ3n) is 3.10. The van der Waals surface area contributed by atoms with Crippen LogP contribution in [0.5, 0.6) is 0 Å². The molecule has 0 spiro atoms. The van der Waals surface area contributed by atoms with Crippen LogP contribution in [0.25, 0.3) is 10.9 Å². The molecule has 1 N–H and O–H groups in total. The number of para-hydroxylation sites is 1. The van der Waals surface area contributed by atoms with Crippen molar-refractivity contribution in [3.8, 4) is 0 Å². The number of carbonyl (C=O) groups is 1. The van der Waals surface area contributed by atoms with Gasteiger partial charge < -0.3 is 9.84 Å². The molecule has 0 aliphatic rings. The monoisotopic (exact) mass is 313 g/mol. The van der Waals surface area contributed by atoms with Crippen LogP contribution in [0.2, 0.25) is 0 Å². The second-order valence-electron chi connectivity index (χ2n) is 4.96. The molecule has 0 fully saturated rings. The Labute approximate surface area is 132 Å². The molecule has 0 unspecified atom stereocenters. The smallest absolute Gasteiger partial charge is 0.236 e. The summed E-state index contributed by atoms with van der Waals surface area (Å²) < 4.78 is 4.91. The molecule has 0 saturated heterocycles. The largest absolute Gasteiger partial charge is 0.360 e. The first-order chi connectivity index (χ1) is 10.6. The lowest BCUT2D eigenvalue weighted by Gasteiger charge is -2.06. The molecule has 3 aromatic rings.